The van der Waals surface area contributed by atoms with Gasteiger partial charge in [-0.1, -0.05) is 30.3 Å². The Kier molecular flexibility index (Phi) is 5.78. The molecule has 7 nitrogen and oxygen atoms in total. The van der Waals surface area contributed by atoms with E-state index in [0.29, 0.717) is 26.1 Å². The number of nitrogens with one attached hydrogen (secondary N) is 1. The summed E-state index contributed by atoms with van der Waals surface area (Å²) in [6, 6.07) is 7.91. The molecule has 1 aromatic rings. The van der Waals surface area contributed by atoms with E-state index >= 15 is 0 Å². The van der Waals surface area contributed by atoms with Gasteiger partial charge in [-0.05, 0) is 23.1 Å². The Balaban J connectivity index is 1.62. The third kappa shape index (κ3) is 4.48. The number of carbonyl (C=O) groups is 3. The molecule has 1 unspecified atom stereocenters. The van der Waals surface area contributed by atoms with Crippen LogP contribution in [0.15, 0.2) is 30.3 Å². The van der Waals surface area contributed by atoms with Crippen molar-refractivity contribution in [3.63, 3.8) is 0 Å². The predicted molar refractivity (Wildman–Crippen MR) is 98.9 cm³/mol. The van der Waals surface area contributed by atoms with E-state index in [1.807, 2.05) is 30.3 Å². The highest BCUT2D eigenvalue weighted by Crippen LogP contribution is 2.32. The molecule has 2 aliphatic heterocycles. The molecule has 27 heavy (non-hydrogen) atoms. The van der Waals surface area contributed by atoms with Gasteiger partial charge in [0, 0.05) is 26.4 Å². The van der Waals surface area contributed by atoms with Crippen LogP contribution < -0.4 is 5.32 Å². The van der Waals surface area contributed by atoms with E-state index in [4.69, 9.17) is 9.47 Å². The quantitative estimate of drug-likeness (QED) is 0.818. The van der Waals surface area contributed by atoms with Gasteiger partial charge >= 0.3 is 12.1 Å². The summed E-state index contributed by atoms with van der Waals surface area (Å²) in [5.41, 5.74) is 3.19. The number of methoxy groups -OCH3 is 1. The second kappa shape index (κ2) is 8.24. The Bertz CT molecular complexity index is 756. The van der Waals surface area contributed by atoms with Gasteiger partial charge in [-0.25, -0.2) is 4.79 Å². The molecule has 0 aromatic heterocycles. The van der Waals surface area contributed by atoms with Gasteiger partial charge in [-0.15, -0.1) is 0 Å². The highest BCUT2D eigenvalue weighted by atomic mass is 16.6. The van der Waals surface area contributed by atoms with Crippen molar-refractivity contribution < 1.29 is 23.9 Å². The molecule has 1 fully saturated rings. The number of hydrogen-bond donors (Lipinski definition) is 1. The van der Waals surface area contributed by atoms with Gasteiger partial charge in [0.1, 0.15) is 6.10 Å². The van der Waals surface area contributed by atoms with Gasteiger partial charge in [0.05, 0.1) is 19.6 Å². The number of rotatable bonds is 4. The third-order valence-electron chi connectivity index (χ3n) is 4.97. The summed E-state index contributed by atoms with van der Waals surface area (Å²) in [7, 11) is 1.38. The maximum Gasteiger partial charge on any atom is 0.409 e. The summed E-state index contributed by atoms with van der Waals surface area (Å²) < 4.78 is 10.1. The monoisotopic (exact) mass is 372 g/mol. The van der Waals surface area contributed by atoms with E-state index in [9.17, 15) is 14.4 Å². The van der Waals surface area contributed by atoms with Crippen LogP contribution in [0.1, 0.15) is 36.8 Å². The predicted octanol–water partition coefficient (Wildman–Crippen LogP) is 2.08. The minimum Gasteiger partial charge on any atom is -0.460 e. The molecule has 2 atom stereocenters. The normalized spacial score (nSPS) is 22.1. The Hall–Kier alpha value is -2.83. The summed E-state index contributed by atoms with van der Waals surface area (Å²) in [5, 5.41) is 2.69. The number of hydrogen-bond acceptors (Lipinski definition) is 5. The third-order valence-corrected chi connectivity index (χ3v) is 4.97. The lowest BCUT2D eigenvalue weighted by Crippen LogP contribution is -2.34. The number of benzene rings is 1. The van der Waals surface area contributed by atoms with E-state index in [1.54, 1.807) is 4.90 Å². The van der Waals surface area contributed by atoms with Crippen LogP contribution in [-0.2, 0) is 19.1 Å². The van der Waals surface area contributed by atoms with Crippen molar-refractivity contribution in [1.29, 1.82) is 0 Å². The summed E-state index contributed by atoms with van der Waals surface area (Å²) in [6.07, 6.45) is 2.77. The molecular weight excluding hydrogens is 348 g/mol. The Morgan fingerprint density at radius 2 is 2.04 bits per heavy atom. The first-order valence-electron chi connectivity index (χ1n) is 9.05. The Labute approximate surface area is 158 Å². The van der Waals surface area contributed by atoms with Gasteiger partial charge in [0.25, 0.3) is 0 Å². The molecule has 144 valence electrons. The van der Waals surface area contributed by atoms with Crippen LogP contribution >= 0.6 is 0 Å². The molecule has 7 heteroatoms. The minimum atomic E-state index is -0.311. The Morgan fingerprint density at radius 3 is 2.63 bits per heavy atom. The largest absolute Gasteiger partial charge is 0.460 e. The molecule has 1 aromatic carbocycles. The molecule has 2 heterocycles. The first kappa shape index (κ1) is 18.9. The van der Waals surface area contributed by atoms with Gasteiger partial charge in [0.2, 0.25) is 5.91 Å². The summed E-state index contributed by atoms with van der Waals surface area (Å²) in [6.45, 7) is 2.94. The van der Waals surface area contributed by atoms with Crippen LogP contribution in [0.25, 0.3) is 5.57 Å². The van der Waals surface area contributed by atoms with Crippen molar-refractivity contribution in [2.45, 2.75) is 31.8 Å². The molecule has 0 bridgehead atoms. The van der Waals surface area contributed by atoms with Crippen LogP contribution in [0.5, 0.6) is 0 Å². The van der Waals surface area contributed by atoms with Gasteiger partial charge in [0.15, 0.2) is 0 Å². The Morgan fingerprint density at radius 1 is 1.30 bits per heavy atom. The average molecular weight is 372 g/mol. The van der Waals surface area contributed by atoms with E-state index in [-0.39, 0.29) is 30.0 Å². The summed E-state index contributed by atoms with van der Waals surface area (Å²) in [4.78, 5) is 36.4. The van der Waals surface area contributed by atoms with Crippen LogP contribution in [-0.4, -0.2) is 55.7 Å². The highest BCUT2D eigenvalue weighted by Gasteiger charge is 2.35. The summed E-state index contributed by atoms with van der Waals surface area (Å²) >= 11 is 0. The zero-order chi connectivity index (χ0) is 19.4. The first-order chi connectivity index (χ1) is 13.0. The molecule has 0 aliphatic carbocycles. The van der Waals surface area contributed by atoms with E-state index < -0.39 is 0 Å². The number of nitrogens with zero attached hydrogens (tertiary/aromatic N) is 1. The molecule has 0 spiro atoms. The number of carbonyl (C=O) groups excluding carboxylic acids is 3. The molecule has 0 saturated carbocycles. The van der Waals surface area contributed by atoms with Crippen LogP contribution in [0.4, 0.5) is 4.79 Å². The minimum absolute atomic E-state index is 0.134. The van der Waals surface area contributed by atoms with Crippen molar-refractivity contribution >= 4 is 23.5 Å². The molecule has 1 saturated heterocycles. The number of esters is 1. The SMILES string of the molecule is COC(=O)N1CC=C(c2ccc([C@H]3CC(CNC(C)=O)OC3=O)cc2)CC1. The van der Waals surface area contributed by atoms with Crippen molar-refractivity contribution in [1.82, 2.24) is 10.2 Å². The molecule has 1 N–H and O–H groups in total. The molecule has 0 radical (unpaired) electrons. The smallest absolute Gasteiger partial charge is 0.409 e. The number of ether oxygens (including phenoxy) is 2. The summed E-state index contributed by atoms with van der Waals surface area (Å²) in [5.74, 6) is -0.679. The number of cyclic esters (lactones) is 1. The highest BCUT2D eigenvalue weighted by molar-refractivity contribution is 5.81. The van der Waals surface area contributed by atoms with Crippen molar-refractivity contribution in [3.8, 4) is 0 Å². The van der Waals surface area contributed by atoms with Crippen LogP contribution in [0.3, 0.4) is 0 Å². The maximum absolute atomic E-state index is 12.1. The lowest BCUT2D eigenvalue weighted by Gasteiger charge is -2.25. The van der Waals surface area contributed by atoms with Gasteiger partial charge in [-0.2, -0.15) is 0 Å². The zero-order valence-corrected chi connectivity index (χ0v) is 15.6. The van der Waals surface area contributed by atoms with Crippen LogP contribution in [0.2, 0.25) is 0 Å². The first-order valence-corrected chi connectivity index (χ1v) is 9.05. The second-order valence-electron chi connectivity index (χ2n) is 6.80. The van der Waals surface area contributed by atoms with E-state index in [0.717, 1.165) is 17.5 Å². The maximum atomic E-state index is 12.1. The average Bonchev–Trinajstić information content (AvgIpc) is 3.06. The standard InChI is InChI=1S/C20H24N2O5/c1-13(23)21-12-17-11-18(19(24)27-17)16-5-3-14(4-6-16)15-7-9-22(10-8-15)20(25)26-2/h3-7,17-18H,8-12H2,1-2H3,(H,21,23)/t17?,18-/m1/s1. The zero-order valence-electron chi connectivity index (χ0n) is 15.6. The molecule has 2 aliphatic rings. The fraction of sp³-hybridized carbons (Fsp3) is 0.450. The van der Waals surface area contributed by atoms with Crippen molar-refractivity contribution in [2.24, 2.45) is 0 Å². The van der Waals surface area contributed by atoms with E-state index in [1.165, 1.54) is 19.6 Å². The van der Waals surface area contributed by atoms with Gasteiger partial charge in [-0.3, -0.25) is 9.59 Å². The second-order valence-corrected chi connectivity index (χ2v) is 6.80. The topological polar surface area (TPSA) is 84.9 Å². The van der Waals surface area contributed by atoms with Gasteiger partial charge < -0.3 is 19.7 Å². The number of amides is 2. The fourth-order valence-corrected chi connectivity index (χ4v) is 3.46. The molecule has 3 rings (SSSR count). The molecule has 2 amide bonds. The van der Waals surface area contributed by atoms with Crippen LogP contribution in [0, 0.1) is 0 Å². The lowest BCUT2D eigenvalue weighted by atomic mass is 9.92. The van der Waals surface area contributed by atoms with E-state index in [2.05, 4.69) is 5.32 Å². The lowest BCUT2D eigenvalue weighted by molar-refractivity contribution is -0.142. The molecular formula is C20H24N2O5. The van der Waals surface area contributed by atoms with Crippen molar-refractivity contribution in [2.75, 3.05) is 26.7 Å². The fourth-order valence-electron chi connectivity index (χ4n) is 3.46. The van der Waals surface area contributed by atoms with Crippen molar-refractivity contribution in [3.05, 3.63) is 41.5 Å².